The van der Waals surface area contributed by atoms with Crippen molar-refractivity contribution in [3.8, 4) is 0 Å². The summed E-state index contributed by atoms with van der Waals surface area (Å²) in [7, 11) is 0. The summed E-state index contributed by atoms with van der Waals surface area (Å²) in [6.45, 7) is 8.73. The highest BCUT2D eigenvalue weighted by Gasteiger charge is 2.33. The van der Waals surface area contributed by atoms with Gasteiger partial charge in [0, 0.05) is 12.3 Å². The summed E-state index contributed by atoms with van der Waals surface area (Å²) in [5.41, 5.74) is 0. The van der Waals surface area contributed by atoms with Crippen LogP contribution in [0.4, 0.5) is 0 Å². The molecule has 0 amide bonds. The Labute approximate surface area is 75.5 Å². The molecule has 0 spiro atoms. The number of Topliss-reactive ketones (excluding diaryl/α,β-unsaturated/α-hetero) is 1. The van der Waals surface area contributed by atoms with Gasteiger partial charge < -0.3 is 0 Å². The fraction of sp³-hybridized carbons (Fsp3) is 0.909. The van der Waals surface area contributed by atoms with Gasteiger partial charge in [0.15, 0.2) is 0 Å². The molecule has 0 unspecified atom stereocenters. The summed E-state index contributed by atoms with van der Waals surface area (Å²) in [4.78, 5) is 11.7. The molecule has 1 fully saturated rings. The zero-order chi connectivity index (χ0) is 9.30. The summed E-state index contributed by atoms with van der Waals surface area (Å²) in [6.07, 6.45) is 2.04. The van der Waals surface area contributed by atoms with Gasteiger partial charge in [-0.15, -0.1) is 0 Å². The highest BCUT2D eigenvalue weighted by molar-refractivity contribution is 5.82. The third-order valence-corrected chi connectivity index (χ3v) is 3.03. The zero-order valence-corrected chi connectivity index (χ0v) is 8.63. The second kappa shape index (κ2) is 3.59. The molecule has 0 heterocycles. The molecule has 12 heavy (non-hydrogen) atoms. The number of ketones is 1. The lowest BCUT2D eigenvalue weighted by atomic mass is 9.70. The van der Waals surface area contributed by atoms with E-state index < -0.39 is 0 Å². The maximum Gasteiger partial charge on any atom is 0.136 e. The molecule has 0 aromatic heterocycles. The second-order valence-corrected chi connectivity index (χ2v) is 4.76. The van der Waals surface area contributed by atoms with Crippen molar-refractivity contribution < 1.29 is 4.79 Å². The van der Waals surface area contributed by atoms with Gasteiger partial charge in [-0.25, -0.2) is 0 Å². The van der Waals surface area contributed by atoms with Crippen molar-refractivity contribution in [2.24, 2.45) is 23.7 Å². The molecule has 0 bridgehead atoms. The van der Waals surface area contributed by atoms with E-state index >= 15 is 0 Å². The van der Waals surface area contributed by atoms with Crippen molar-refractivity contribution in [3.63, 3.8) is 0 Å². The molecule has 0 radical (unpaired) electrons. The van der Waals surface area contributed by atoms with Crippen LogP contribution >= 0.6 is 0 Å². The minimum absolute atomic E-state index is 0.334. The molecule has 1 heteroatoms. The van der Waals surface area contributed by atoms with Crippen LogP contribution in [0, 0.1) is 23.7 Å². The molecule has 0 N–H and O–H groups in total. The van der Waals surface area contributed by atoms with Crippen LogP contribution in [0.2, 0.25) is 0 Å². The van der Waals surface area contributed by atoms with E-state index in [9.17, 15) is 4.79 Å². The van der Waals surface area contributed by atoms with Gasteiger partial charge in [0.2, 0.25) is 0 Å². The predicted molar refractivity (Wildman–Crippen MR) is 50.9 cm³/mol. The van der Waals surface area contributed by atoms with Crippen LogP contribution in [0.25, 0.3) is 0 Å². The Bertz CT molecular complexity index is 172. The first-order valence-electron chi connectivity index (χ1n) is 5.05. The van der Waals surface area contributed by atoms with Crippen molar-refractivity contribution in [1.29, 1.82) is 0 Å². The molecule has 1 aliphatic rings. The molecule has 1 nitrogen and oxygen atoms in total. The molecule has 1 aliphatic carbocycles. The maximum atomic E-state index is 11.7. The number of carbonyl (C=O) groups excluding carboxylic acids is 1. The van der Waals surface area contributed by atoms with E-state index in [2.05, 4.69) is 27.7 Å². The monoisotopic (exact) mass is 168 g/mol. The maximum absolute atomic E-state index is 11.7. The lowest BCUT2D eigenvalue weighted by Crippen LogP contribution is -2.34. The van der Waals surface area contributed by atoms with Crippen LogP contribution in [0.15, 0.2) is 0 Å². The second-order valence-electron chi connectivity index (χ2n) is 4.76. The molecule has 0 aliphatic heterocycles. The van der Waals surface area contributed by atoms with Crippen molar-refractivity contribution in [2.75, 3.05) is 0 Å². The Morgan fingerprint density at radius 2 is 1.92 bits per heavy atom. The van der Waals surface area contributed by atoms with Gasteiger partial charge in [-0.05, 0) is 24.2 Å². The van der Waals surface area contributed by atoms with Crippen LogP contribution in [0.3, 0.4) is 0 Å². The number of rotatable bonds is 1. The minimum atomic E-state index is 0.334. The van der Waals surface area contributed by atoms with Crippen molar-refractivity contribution >= 4 is 5.78 Å². The third-order valence-electron chi connectivity index (χ3n) is 3.03. The first kappa shape index (κ1) is 9.76. The average molecular weight is 168 g/mol. The molecular formula is C11H20O. The number of hydrogen-bond donors (Lipinski definition) is 0. The Balaban J connectivity index is 2.67. The minimum Gasteiger partial charge on any atom is -0.299 e. The van der Waals surface area contributed by atoms with Gasteiger partial charge in [0.05, 0.1) is 0 Å². The topological polar surface area (TPSA) is 17.1 Å². The van der Waals surface area contributed by atoms with E-state index in [-0.39, 0.29) is 0 Å². The van der Waals surface area contributed by atoms with E-state index in [0.717, 1.165) is 6.42 Å². The van der Waals surface area contributed by atoms with Gasteiger partial charge in [0.1, 0.15) is 5.78 Å². The fourth-order valence-electron chi connectivity index (χ4n) is 2.69. The average Bonchev–Trinajstić information content (AvgIpc) is 1.82. The SMILES string of the molecule is CC(C)[C@H]1C(=O)C[C@H](C)C[C@@H]1C. The molecule has 3 atom stereocenters. The summed E-state index contributed by atoms with van der Waals surface area (Å²) in [6, 6.07) is 0. The van der Waals surface area contributed by atoms with E-state index in [4.69, 9.17) is 0 Å². The van der Waals surface area contributed by atoms with Gasteiger partial charge in [-0.3, -0.25) is 4.79 Å². The van der Waals surface area contributed by atoms with Gasteiger partial charge >= 0.3 is 0 Å². The summed E-state index contributed by atoms with van der Waals surface area (Å²) >= 11 is 0. The molecule has 1 saturated carbocycles. The smallest absolute Gasteiger partial charge is 0.136 e. The van der Waals surface area contributed by atoms with E-state index in [1.165, 1.54) is 6.42 Å². The van der Waals surface area contributed by atoms with Crippen LogP contribution in [0.5, 0.6) is 0 Å². The predicted octanol–water partition coefficient (Wildman–Crippen LogP) is 2.89. The quantitative estimate of drug-likeness (QED) is 0.588. The first-order chi connectivity index (χ1) is 5.52. The molecule has 0 saturated heterocycles. The van der Waals surface area contributed by atoms with Crippen LogP contribution in [0.1, 0.15) is 40.5 Å². The van der Waals surface area contributed by atoms with Crippen LogP contribution in [-0.2, 0) is 4.79 Å². The fourth-order valence-corrected chi connectivity index (χ4v) is 2.69. The Hall–Kier alpha value is -0.330. The highest BCUT2D eigenvalue weighted by atomic mass is 16.1. The molecule has 1 rings (SSSR count). The summed E-state index contributed by atoms with van der Waals surface area (Å²) < 4.78 is 0. The zero-order valence-electron chi connectivity index (χ0n) is 8.63. The van der Waals surface area contributed by atoms with Crippen molar-refractivity contribution in [1.82, 2.24) is 0 Å². The Morgan fingerprint density at radius 1 is 1.33 bits per heavy atom. The number of hydrogen-bond acceptors (Lipinski definition) is 1. The summed E-state index contributed by atoms with van der Waals surface area (Å²) in [5.74, 6) is 2.57. The summed E-state index contributed by atoms with van der Waals surface area (Å²) in [5, 5.41) is 0. The van der Waals surface area contributed by atoms with Crippen LogP contribution in [-0.4, -0.2) is 5.78 Å². The van der Waals surface area contributed by atoms with Crippen molar-refractivity contribution in [2.45, 2.75) is 40.5 Å². The van der Waals surface area contributed by atoms with E-state index in [1.807, 2.05) is 0 Å². The number of carbonyl (C=O) groups is 1. The molecule has 0 aromatic rings. The Morgan fingerprint density at radius 3 is 2.33 bits per heavy atom. The molecular weight excluding hydrogens is 148 g/mol. The largest absolute Gasteiger partial charge is 0.299 e. The van der Waals surface area contributed by atoms with Crippen molar-refractivity contribution in [3.05, 3.63) is 0 Å². The lowest BCUT2D eigenvalue weighted by molar-refractivity contribution is -0.129. The van der Waals surface area contributed by atoms with E-state index in [1.54, 1.807) is 0 Å². The van der Waals surface area contributed by atoms with Gasteiger partial charge in [0.25, 0.3) is 0 Å². The molecule has 0 aromatic carbocycles. The highest BCUT2D eigenvalue weighted by Crippen LogP contribution is 2.34. The Kier molecular flexibility index (Phi) is 2.92. The third kappa shape index (κ3) is 1.88. The molecule has 70 valence electrons. The lowest BCUT2D eigenvalue weighted by Gasteiger charge is -2.33. The normalized spacial score (nSPS) is 37.4. The van der Waals surface area contributed by atoms with Gasteiger partial charge in [-0.1, -0.05) is 27.7 Å². The van der Waals surface area contributed by atoms with Crippen LogP contribution < -0.4 is 0 Å². The van der Waals surface area contributed by atoms with E-state index in [0.29, 0.717) is 29.5 Å². The standard InChI is InChI=1S/C11H20O/c1-7(2)11-9(4)5-8(3)6-10(11)12/h7-9,11H,5-6H2,1-4H3/t8-,9+,11-/m1/s1. The first-order valence-corrected chi connectivity index (χ1v) is 5.05. The van der Waals surface area contributed by atoms with Gasteiger partial charge in [-0.2, -0.15) is 0 Å².